The molecule has 0 radical (unpaired) electrons. The molecule has 22 aromatic carbocycles. The van der Waals surface area contributed by atoms with Gasteiger partial charge in [0.15, 0.2) is 0 Å². The van der Waals surface area contributed by atoms with Gasteiger partial charge in [0.2, 0.25) is 0 Å². The molecule has 0 bridgehead atoms. The molecule has 0 heterocycles. The Morgan fingerprint density at radius 1 is 0.134 bits per heavy atom. The summed E-state index contributed by atoms with van der Waals surface area (Å²) >= 11 is 0. The molecule has 22 aromatic rings. The normalized spacial score (nSPS) is 11.1. The fourth-order valence-electron chi connectivity index (χ4n) is 16.8. The predicted molar refractivity (Wildman–Crippen MR) is 521 cm³/mol. The van der Waals surface area contributed by atoms with Gasteiger partial charge in [-0.15, -0.1) is 0 Å². The Bertz CT molecular complexity index is 7220. The van der Waals surface area contributed by atoms with Crippen molar-refractivity contribution in [3.63, 3.8) is 0 Å². The van der Waals surface area contributed by atoms with Crippen molar-refractivity contribution in [3.05, 3.63) is 492 Å². The highest BCUT2D eigenvalue weighted by molar-refractivity contribution is 6.08. The highest BCUT2D eigenvalue weighted by atomic mass is 16.3. The van der Waals surface area contributed by atoms with Gasteiger partial charge < -0.3 is 51.1 Å². The van der Waals surface area contributed by atoms with E-state index in [2.05, 4.69) is 255 Å². The van der Waals surface area contributed by atoms with E-state index in [-0.39, 0.29) is 69.3 Å². The molecule has 0 saturated heterocycles. The largest absolute Gasteiger partial charge is 0.508 e. The lowest BCUT2D eigenvalue weighted by molar-refractivity contribution is 0.467. The first-order chi connectivity index (χ1) is 62.0. The van der Waals surface area contributed by atoms with Crippen LogP contribution in [0.15, 0.2) is 437 Å². The molecule has 127 heavy (non-hydrogen) atoms. The van der Waals surface area contributed by atoms with Gasteiger partial charge in [0.25, 0.3) is 0 Å². The van der Waals surface area contributed by atoms with E-state index in [4.69, 9.17) is 0 Å². The van der Waals surface area contributed by atoms with Gasteiger partial charge in [-0.1, -0.05) is 315 Å². The number of aromatic hydroxyl groups is 10. The van der Waals surface area contributed by atoms with E-state index in [0.717, 1.165) is 63.1 Å². The fraction of sp³-hybridized carbons (Fsp3) is 0.0427. The maximum Gasteiger partial charge on any atom is 0.123 e. The van der Waals surface area contributed by atoms with Crippen LogP contribution < -0.4 is 0 Å². The van der Waals surface area contributed by atoms with Crippen LogP contribution in [0.3, 0.4) is 0 Å². The molecule has 0 fully saturated rings. The maximum atomic E-state index is 9.79. The van der Waals surface area contributed by atoms with E-state index >= 15 is 0 Å². The van der Waals surface area contributed by atoms with Crippen molar-refractivity contribution in [3.8, 4) is 57.5 Å². The summed E-state index contributed by atoms with van der Waals surface area (Å²) in [4.78, 5) is 0. The van der Waals surface area contributed by atoms with E-state index in [1.807, 2.05) is 72.8 Å². The Labute approximate surface area is 735 Å². The SMILES string of the molecule is Oc1ccc(C(c2ccc(O)cc2)C(c2ccc(O)cc2)c2ccc(O)cc2)cc1.Oc1ccc(O)c2cc3c(O)ccc(O)c3cc12.Oc1cccc2cc3c(O)cccc3cc12.c1ccc(Cc2ccc3ccccc3c2)cc1.c1ccc2cc(Cc3ccc4cc5ccccc5cc4c3)ccc2c1.c1ccc2cc(Cc3ccc4ccccc4c3)ccc2c1. The lowest BCUT2D eigenvalue weighted by Gasteiger charge is -2.29. The Morgan fingerprint density at radius 3 is 0.654 bits per heavy atom. The van der Waals surface area contributed by atoms with Gasteiger partial charge in [-0.2, -0.15) is 0 Å². The first-order valence-corrected chi connectivity index (χ1v) is 42.1. The summed E-state index contributed by atoms with van der Waals surface area (Å²) in [7, 11) is 0. The van der Waals surface area contributed by atoms with Gasteiger partial charge in [-0.3, -0.25) is 0 Å². The lowest BCUT2D eigenvalue weighted by Crippen LogP contribution is -2.14. The molecule has 0 saturated carbocycles. The molecule has 0 aliphatic heterocycles. The van der Waals surface area contributed by atoms with Crippen LogP contribution in [0.4, 0.5) is 0 Å². The summed E-state index contributed by atoms with van der Waals surface area (Å²) in [5.74, 6) is 1.04. The van der Waals surface area contributed by atoms with Crippen molar-refractivity contribution in [1.82, 2.24) is 0 Å². The topological polar surface area (TPSA) is 202 Å². The number of phenolic OH excluding ortho intramolecular Hbond substituents is 10. The average molecular weight is 1660 g/mol. The minimum Gasteiger partial charge on any atom is -0.508 e. The molecule has 0 aliphatic carbocycles. The quantitative estimate of drug-likeness (QED) is 0.0439. The standard InChI is InChI=1S/C26H22O4.C25H18.C21H16.C17H14.C14H10O4.C14H10O2/c27-21-9-1-17(2-10-21)25(18-3-11-22(28)12-4-18)26(19-5-13-23(29)14-6-19)20-7-15-24(30)16-8-20;1-2-6-21-14-18(9-11-20(21)5-1)13-19-10-12-24-16-22-7-3-4-8-23(22)17-25(24)15-19;1-3-7-20-14-16(9-11-18(20)5-1)13-17-10-12-19-6-2-4-8-21(19)15-17;1-2-6-14(7-3-1)12-15-10-11-16-8-4-5-9-17(16)13-15;15-11-1-2-12(16)8-6-10-9(5-7(8)11)13(17)3-4-14(10)18;15-13-5-1-3-9-7-12-10(8-11(9)13)4-2-6-14(12)16/h1-16,25-30H;1-12,14-17H,13H2;1-12,14-15H,13H2;1-11,13H,12H2;1-6,15-18H;1-8,15-16H. The number of phenols is 10. The highest BCUT2D eigenvalue weighted by Crippen LogP contribution is 2.46. The number of hydrogen-bond acceptors (Lipinski definition) is 10. The number of rotatable bonds is 11. The molecule has 10 nitrogen and oxygen atoms in total. The average Bonchev–Trinajstić information content (AvgIpc) is 0.775. The zero-order valence-electron chi connectivity index (χ0n) is 69.3. The van der Waals surface area contributed by atoms with Crippen LogP contribution in [0.2, 0.25) is 0 Å². The third-order valence-corrected chi connectivity index (χ3v) is 23.3. The van der Waals surface area contributed by atoms with Crippen molar-refractivity contribution < 1.29 is 51.1 Å². The zero-order valence-corrected chi connectivity index (χ0v) is 69.3. The summed E-state index contributed by atoms with van der Waals surface area (Å²) in [5, 5.41) is 119. The Hall–Kier alpha value is -16.6. The molecule has 0 atom stereocenters. The van der Waals surface area contributed by atoms with Crippen LogP contribution in [0.25, 0.3) is 108 Å². The van der Waals surface area contributed by atoms with Crippen LogP contribution in [0.1, 0.15) is 67.5 Å². The van der Waals surface area contributed by atoms with Crippen molar-refractivity contribution in [2.24, 2.45) is 0 Å². The third-order valence-electron chi connectivity index (χ3n) is 23.3. The molecule has 10 heteroatoms. The first kappa shape index (κ1) is 82.7. The monoisotopic (exact) mass is 1650 g/mol. The lowest BCUT2D eigenvalue weighted by atomic mass is 9.73. The smallest absolute Gasteiger partial charge is 0.123 e. The Morgan fingerprint density at radius 2 is 0.354 bits per heavy atom. The van der Waals surface area contributed by atoms with Crippen molar-refractivity contribution in [1.29, 1.82) is 0 Å². The minimum absolute atomic E-state index is 0.00689. The third kappa shape index (κ3) is 19.7. The maximum absolute atomic E-state index is 9.79. The van der Waals surface area contributed by atoms with Crippen LogP contribution in [0.5, 0.6) is 57.5 Å². The van der Waals surface area contributed by atoms with Gasteiger partial charge >= 0.3 is 0 Å². The Balaban J connectivity index is 0.000000109. The number of fused-ring (bicyclic) bond motifs is 10. The second-order valence-corrected chi connectivity index (χ2v) is 31.9. The summed E-state index contributed by atoms with van der Waals surface area (Å²) < 4.78 is 0. The summed E-state index contributed by atoms with van der Waals surface area (Å²) in [6.45, 7) is 0. The fourth-order valence-corrected chi connectivity index (χ4v) is 16.8. The zero-order chi connectivity index (χ0) is 87.3. The molecular weight excluding hydrogens is 1570 g/mol. The van der Waals surface area contributed by atoms with Crippen LogP contribution in [-0.2, 0) is 19.3 Å². The molecule has 0 aromatic heterocycles. The molecule has 0 aliphatic rings. The van der Waals surface area contributed by atoms with Crippen LogP contribution in [-0.4, -0.2) is 51.1 Å². The van der Waals surface area contributed by atoms with E-state index < -0.39 is 0 Å². The Kier molecular flexibility index (Phi) is 24.6. The van der Waals surface area contributed by atoms with E-state index in [1.54, 1.807) is 72.8 Å². The van der Waals surface area contributed by atoms with Gasteiger partial charge in [-0.05, 0) is 272 Å². The number of hydrogen-bond donors (Lipinski definition) is 10. The van der Waals surface area contributed by atoms with Gasteiger partial charge in [0, 0.05) is 44.2 Å². The summed E-state index contributed by atoms with van der Waals surface area (Å²) in [6, 6.07) is 143. The van der Waals surface area contributed by atoms with Gasteiger partial charge in [0.1, 0.15) is 57.5 Å². The van der Waals surface area contributed by atoms with Gasteiger partial charge in [0.05, 0.1) is 0 Å². The van der Waals surface area contributed by atoms with Crippen molar-refractivity contribution in [2.45, 2.75) is 31.1 Å². The predicted octanol–water partition coefficient (Wildman–Crippen LogP) is 28.4. The second-order valence-electron chi connectivity index (χ2n) is 31.9. The number of benzene rings is 22. The van der Waals surface area contributed by atoms with Crippen molar-refractivity contribution in [2.75, 3.05) is 0 Å². The highest BCUT2D eigenvalue weighted by Gasteiger charge is 2.29. The summed E-state index contributed by atoms with van der Waals surface area (Å²) in [5.41, 5.74) is 12.1. The van der Waals surface area contributed by atoms with Crippen LogP contribution in [0, 0.1) is 0 Å². The molecule has 22 rings (SSSR count). The molecule has 0 unspecified atom stereocenters. The first-order valence-electron chi connectivity index (χ1n) is 42.1. The second kappa shape index (κ2) is 37.8. The van der Waals surface area contributed by atoms with E-state index in [9.17, 15) is 51.1 Å². The van der Waals surface area contributed by atoms with Gasteiger partial charge in [-0.25, -0.2) is 0 Å². The van der Waals surface area contributed by atoms with Crippen LogP contribution >= 0.6 is 0 Å². The van der Waals surface area contributed by atoms with E-state index in [1.165, 1.54) is 134 Å². The molecule has 0 spiro atoms. The molecule has 0 amide bonds. The molecule has 10 N–H and O–H groups in total. The molecule has 618 valence electrons. The van der Waals surface area contributed by atoms with E-state index in [0.29, 0.717) is 21.5 Å². The van der Waals surface area contributed by atoms with Crippen molar-refractivity contribution >= 4 is 108 Å². The summed E-state index contributed by atoms with van der Waals surface area (Å²) in [6.07, 6.45) is 2.95. The molecular formula is C117H90O10. The minimum atomic E-state index is -0.139.